The molecular formula is C25H34F6N4O6S. The molecule has 17 heteroatoms. The van der Waals surface area contributed by atoms with Gasteiger partial charge in [0.2, 0.25) is 32.7 Å². The van der Waals surface area contributed by atoms with E-state index in [1.54, 1.807) is 5.32 Å². The van der Waals surface area contributed by atoms with Crippen LogP contribution >= 0.6 is 0 Å². The quantitative estimate of drug-likeness (QED) is 0.350. The first-order valence-electron chi connectivity index (χ1n) is 13.3. The number of fused-ring (bicyclic) bond motifs is 3. The van der Waals surface area contributed by atoms with Gasteiger partial charge in [0.05, 0.1) is 12.0 Å². The highest BCUT2D eigenvalue weighted by molar-refractivity contribution is 7.94. The Hall–Kier alpha value is -2.85. The van der Waals surface area contributed by atoms with Crippen molar-refractivity contribution in [1.82, 2.24) is 20.9 Å². The van der Waals surface area contributed by atoms with Crippen molar-refractivity contribution in [3.63, 3.8) is 0 Å². The molecule has 42 heavy (non-hydrogen) atoms. The molecule has 0 aromatic carbocycles. The molecule has 0 spiro atoms. The molecule has 10 nitrogen and oxygen atoms in total. The highest BCUT2D eigenvalue weighted by Crippen LogP contribution is 2.49. The van der Waals surface area contributed by atoms with Crippen LogP contribution in [0.4, 0.5) is 26.3 Å². The Morgan fingerprint density at radius 2 is 1.74 bits per heavy atom. The minimum Gasteiger partial charge on any atom is -0.356 e. The lowest BCUT2D eigenvalue weighted by Gasteiger charge is -2.55. The Morgan fingerprint density at radius 3 is 2.21 bits per heavy atom. The van der Waals surface area contributed by atoms with Crippen molar-refractivity contribution >= 4 is 33.5 Å². The van der Waals surface area contributed by atoms with Crippen LogP contribution in [0.15, 0.2) is 11.2 Å². The molecular weight excluding hydrogens is 598 g/mol. The van der Waals surface area contributed by atoms with E-state index in [9.17, 15) is 45.2 Å². The van der Waals surface area contributed by atoms with Crippen LogP contribution in [0.1, 0.15) is 52.9 Å². The second-order valence-corrected chi connectivity index (χ2v) is 14.1. The highest BCUT2D eigenvalue weighted by Gasteiger charge is 2.61. The Balaban J connectivity index is 2.00. The first-order valence-corrected chi connectivity index (χ1v) is 15.2. The second-order valence-electron chi connectivity index (χ2n) is 12.1. The zero-order valence-corrected chi connectivity index (χ0v) is 24.2. The van der Waals surface area contributed by atoms with E-state index in [2.05, 4.69) is 10.6 Å². The molecule has 3 heterocycles. The average Bonchev–Trinajstić information content (AvgIpc) is 3.22. The maximum Gasteiger partial charge on any atom is 0.471 e. The summed E-state index contributed by atoms with van der Waals surface area (Å²) in [6.07, 6.45) is -5.38. The lowest BCUT2D eigenvalue weighted by atomic mass is 9.70. The van der Waals surface area contributed by atoms with Crippen LogP contribution in [0.25, 0.3) is 0 Å². The number of hydrogen-bond acceptors (Lipinski definition) is 6. The number of hydrogen-bond donors (Lipinski definition) is 3. The number of carbonyl (C=O) groups excluding carboxylic acids is 4. The maximum absolute atomic E-state index is 15.1. The fraction of sp³-hybridized carbons (Fsp3) is 0.760. The van der Waals surface area contributed by atoms with Crippen molar-refractivity contribution in [2.24, 2.45) is 17.3 Å². The molecule has 0 unspecified atom stereocenters. The van der Waals surface area contributed by atoms with Crippen molar-refractivity contribution in [3.05, 3.63) is 11.2 Å². The molecule has 1 saturated carbocycles. The molecule has 4 aliphatic rings. The van der Waals surface area contributed by atoms with E-state index in [1.807, 2.05) is 0 Å². The molecule has 4 amide bonds. The van der Waals surface area contributed by atoms with E-state index in [0.29, 0.717) is 12.3 Å². The zero-order valence-electron chi connectivity index (χ0n) is 23.4. The summed E-state index contributed by atoms with van der Waals surface area (Å²) in [6.45, 7) is 4.31. The molecule has 238 valence electrons. The predicted molar refractivity (Wildman–Crippen MR) is 136 cm³/mol. The number of carbonyl (C=O) groups is 4. The van der Waals surface area contributed by atoms with E-state index in [4.69, 9.17) is 0 Å². The average molecular weight is 633 g/mol. The molecule has 4 rings (SSSR count). The van der Waals surface area contributed by atoms with Crippen LogP contribution in [0, 0.1) is 17.3 Å². The molecule has 3 aliphatic heterocycles. The third-order valence-electron chi connectivity index (χ3n) is 7.82. The summed E-state index contributed by atoms with van der Waals surface area (Å²) < 4.78 is 107. The van der Waals surface area contributed by atoms with Crippen molar-refractivity contribution in [1.29, 1.82) is 0 Å². The maximum atomic E-state index is 15.1. The molecule has 0 aromatic rings. The number of nitrogens with one attached hydrogen (secondary N) is 3. The van der Waals surface area contributed by atoms with E-state index < -0.39 is 98.6 Å². The lowest BCUT2D eigenvalue weighted by Crippen LogP contribution is -2.71. The van der Waals surface area contributed by atoms with Crippen LogP contribution < -0.4 is 16.0 Å². The number of amides is 4. The highest BCUT2D eigenvalue weighted by atomic mass is 32.2. The molecule has 3 N–H and O–H groups in total. The van der Waals surface area contributed by atoms with Crippen molar-refractivity contribution in [2.75, 3.05) is 12.8 Å². The van der Waals surface area contributed by atoms with Gasteiger partial charge in [-0.05, 0) is 37.2 Å². The Morgan fingerprint density at radius 1 is 1.12 bits per heavy atom. The predicted octanol–water partition coefficient (Wildman–Crippen LogP) is 1.96. The first kappa shape index (κ1) is 33.6. The molecule has 0 radical (unpaired) electrons. The second kappa shape index (κ2) is 11.7. The van der Waals surface area contributed by atoms with Gasteiger partial charge in [0.15, 0.2) is 0 Å². The monoisotopic (exact) mass is 632 g/mol. The normalized spacial score (nSPS) is 27.7. The standard InChI is InChI=1S/C25H34F6N4O6S/c1-23(2,3)18(34-22(39)25(29,30)31)21(38)35-14-5-6-15(24(27,28)11-14)17(35)20(37)33-13(10-16(26)42(4,40)41)9-12-7-8-32-19(12)36/h10,12-15,17-18H,5-9,11H2,1-4H3,(H,32,36)(H,33,37)(H,34,39)/b16-10+/t12-,13-,14-,15-,17-,18+/m0/s1. The van der Waals surface area contributed by atoms with E-state index in [-0.39, 0.29) is 32.2 Å². The molecule has 0 aromatic heterocycles. The number of alkyl halides is 5. The number of nitrogens with zero attached hydrogens (tertiary/aromatic N) is 1. The van der Waals surface area contributed by atoms with Gasteiger partial charge in [-0.1, -0.05) is 20.8 Å². The third kappa shape index (κ3) is 7.37. The summed E-state index contributed by atoms with van der Waals surface area (Å²) in [5.41, 5.74) is -1.35. The fourth-order valence-corrected chi connectivity index (χ4v) is 6.14. The summed E-state index contributed by atoms with van der Waals surface area (Å²) in [5.74, 6) is -11.3. The molecule has 6 atom stereocenters. The lowest BCUT2D eigenvalue weighted by molar-refractivity contribution is -0.197. The van der Waals surface area contributed by atoms with Crippen molar-refractivity contribution < 1.29 is 53.9 Å². The molecule has 1 aliphatic carbocycles. The summed E-state index contributed by atoms with van der Waals surface area (Å²) in [5, 5.41) is 4.81. The third-order valence-corrected chi connectivity index (χ3v) is 8.66. The summed E-state index contributed by atoms with van der Waals surface area (Å²) in [6, 6.07) is -6.56. The van der Waals surface area contributed by atoms with Crippen molar-refractivity contribution in [2.45, 2.75) is 89.1 Å². The minimum atomic E-state index is -5.36. The number of rotatable bonds is 8. The van der Waals surface area contributed by atoms with E-state index in [0.717, 1.165) is 4.90 Å². The number of sulfone groups is 1. The summed E-state index contributed by atoms with van der Waals surface area (Å²) in [7, 11) is -4.38. The minimum absolute atomic E-state index is 0.00808. The number of piperidine rings is 2. The van der Waals surface area contributed by atoms with Crippen LogP contribution in [0.3, 0.4) is 0 Å². The zero-order chi connectivity index (χ0) is 32.0. The molecule has 3 saturated heterocycles. The van der Waals surface area contributed by atoms with Gasteiger partial charge in [-0.2, -0.15) is 17.6 Å². The largest absolute Gasteiger partial charge is 0.471 e. The smallest absolute Gasteiger partial charge is 0.356 e. The molecule has 2 bridgehead atoms. The van der Waals surface area contributed by atoms with Crippen molar-refractivity contribution in [3.8, 4) is 0 Å². The van der Waals surface area contributed by atoms with Crippen LogP contribution in [-0.2, 0) is 29.0 Å². The van der Waals surface area contributed by atoms with Gasteiger partial charge in [-0.15, -0.1) is 0 Å². The van der Waals surface area contributed by atoms with Gasteiger partial charge < -0.3 is 20.9 Å². The van der Waals surface area contributed by atoms with Gasteiger partial charge in [0.25, 0.3) is 5.92 Å². The van der Waals surface area contributed by atoms with Gasteiger partial charge in [-0.3, -0.25) is 19.2 Å². The van der Waals surface area contributed by atoms with Crippen LogP contribution in [-0.4, -0.2) is 86.0 Å². The van der Waals surface area contributed by atoms with Gasteiger partial charge >= 0.3 is 12.1 Å². The van der Waals surface area contributed by atoms with E-state index >= 15 is 8.78 Å². The summed E-state index contributed by atoms with van der Waals surface area (Å²) >= 11 is 0. The number of halogens is 6. The summed E-state index contributed by atoms with van der Waals surface area (Å²) in [4.78, 5) is 52.0. The van der Waals surface area contributed by atoms with E-state index in [1.165, 1.54) is 20.8 Å². The molecule has 4 fully saturated rings. The van der Waals surface area contributed by atoms with Crippen LogP contribution in [0.5, 0.6) is 0 Å². The van der Waals surface area contributed by atoms with Crippen LogP contribution in [0.2, 0.25) is 0 Å². The Kier molecular flexibility index (Phi) is 9.36. The topological polar surface area (TPSA) is 142 Å². The van der Waals surface area contributed by atoms with Gasteiger partial charge in [0.1, 0.15) is 12.1 Å². The Labute approximate surface area is 238 Å². The van der Waals surface area contributed by atoms with Gasteiger partial charge in [-0.25, -0.2) is 17.2 Å². The first-order chi connectivity index (χ1) is 19.0. The fourth-order valence-electron chi connectivity index (χ4n) is 5.73. The Bertz CT molecular complexity index is 1250. The SMILES string of the molecule is CC(C)(C)[C@H](NC(=O)C(F)(F)F)C(=O)N1[C@H]2CC[C@@H]([C@H]1C(=O)N[C@H](/C=C(\F)S(C)(=O)=O)C[C@@H]1CCNC1=O)C(F)(F)C2. The van der Waals surface area contributed by atoms with Gasteiger partial charge in [0, 0.05) is 31.2 Å².